The Morgan fingerprint density at radius 3 is 2.52 bits per heavy atom. The van der Waals surface area contributed by atoms with Gasteiger partial charge in [0.1, 0.15) is 6.04 Å². The van der Waals surface area contributed by atoms with Gasteiger partial charge in [0, 0.05) is 18.4 Å². The van der Waals surface area contributed by atoms with Gasteiger partial charge in [-0.3, -0.25) is 4.79 Å². The Morgan fingerprint density at radius 1 is 1.24 bits per heavy atom. The highest BCUT2D eigenvalue weighted by molar-refractivity contribution is 5.83. The molecule has 0 radical (unpaired) electrons. The summed E-state index contributed by atoms with van der Waals surface area (Å²) >= 11 is 0. The molecule has 0 unspecified atom stereocenters. The van der Waals surface area contributed by atoms with Gasteiger partial charge >= 0.3 is 5.97 Å². The van der Waals surface area contributed by atoms with Crippen LogP contribution in [-0.2, 0) is 16.0 Å². The molecule has 0 fully saturated rings. The van der Waals surface area contributed by atoms with Gasteiger partial charge in [0.05, 0.1) is 6.20 Å². The van der Waals surface area contributed by atoms with Crippen LogP contribution in [0.15, 0.2) is 34.9 Å². The number of rotatable bonds is 8. The minimum absolute atomic E-state index is 0.135. The number of hydrogen-bond donors (Lipinski definition) is 2. The lowest BCUT2D eigenvalue weighted by Gasteiger charge is -2.16. The van der Waals surface area contributed by atoms with Crippen molar-refractivity contribution in [3.63, 3.8) is 0 Å². The molecule has 134 valence electrons. The number of carbonyl (C=O) groups excluding carboxylic acids is 1. The van der Waals surface area contributed by atoms with Crippen LogP contribution in [0.3, 0.4) is 0 Å². The summed E-state index contributed by atoms with van der Waals surface area (Å²) in [5.74, 6) is -0.0340. The minimum atomic E-state index is -1.01. The number of hydrogen-bond acceptors (Lipinski definition) is 4. The normalized spacial score (nSPS) is 12.2. The summed E-state index contributed by atoms with van der Waals surface area (Å²) in [6.45, 7) is 5.85. The van der Waals surface area contributed by atoms with Crippen molar-refractivity contribution in [2.45, 2.75) is 46.1 Å². The lowest BCUT2D eigenvalue weighted by Crippen LogP contribution is -2.41. The molecule has 2 aromatic rings. The first-order chi connectivity index (χ1) is 11.8. The first kappa shape index (κ1) is 18.7. The number of carbonyl (C=O) groups is 2. The molecule has 1 atom stereocenters. The Morgan fingerprint density at radius 2 is 1.92 bits per heavy atom. The smallest absolute Gasteiger partial charge is 0.326 e. The molecule has 1 aromatic carbocycles. The Hall–Kier alpha value is -2.63. The van der Waals surface area contributed by atoms with E-state index in [1.54, 1.807) is 6.20 Å². The zero-order valence-electron chi connectivity index (χ0n) is 14.8. The molecule has 2 N–H and O–H groups in total. The molecule has 6 heteroatoms. The van der Waals surface area contributed by atoms with Gasteiger partial charge in [-0.25, -0.2) is 9.78 Å². The van der Waals surface area contributed by atoms with Crippen LogP contribution in [0.25, 0.3) is 11.3 Å². The first-order valence-electron chi connectivity index (χ1n) is 8.39. The van der Waals surface area contributed by atoms with E-state index >= 15 is 0 Å². The molecule has 6 nitrogen and oxygen atoms in total. The molecule has 1 aromatic heterocycles. The van der Waals surface area contributed by atoms with Crippen molar-refractivity contribution in [1.29, 1.82) is 0 Å². The maximum Gasteiger partial charge on any atom is 0.326 e. The van der Waals surface area contributed by atoms with E-state index in [0.717, 1.165) is 11.1 Å². The Balaban J connectivity index is 1.89. The quantitative estimate of drug-likeness (QED) is 0.767. The molecule has 0 saturated heterocycles. The second-order valence-electron chi connectivity index (χ2n) is 6.57. The van der Waals surface area contributed by atoms with Crippen molar-refractivity contribution < 1.29 is 19.1 Å². The predicted molar refractivity (Wildman–Crippen MR) is 94.0 cm³/mol. The monoisotopic (exact) mass is 344 g/mol. The number of aromatic nitrogens is 1. The molecule has 0 spiro atoms. The number of carboxylic acid groups (broad SMARTS) is 1. The molecule has 25 heavy (non-hydrogen) atoms. The third-order valence-electron chi connectivity index (χ3n) is 3.80. The van der Waals surface area contributed by atoms with Gasteiger partial charge in [0.25, 0.3) is 0 Å². The molecule has 1 heterocycles. The van der Waals surface area contributed by atoms with E-state index in [1.807, 2.05) is 45.0 Å². The SMILES string of the molecule is Cc1ccc(-c2cnc(CCC(=O)N[C@@H](CC(C)C)C(=O)O)o2)cc1. The van der Waals surface area contributed by atoms with Gasteiger partial charge in [-0.1, -0.05) is 43.7 Å². The highest BCUT2D eigenvalue weighted by Gasteiger charge is 2.21. The number of nitrogens with zero attached hydrogens (tertiary/aromatic N) is 1. The van der Waals surface area contributed by atoms with Gasteiger partial charge in [-0.05, 0) is 19.3 Å². The summed E-state index contributed by atoms with van der Waals surface area (Å²) in [6, 6.07) is 7.03. The second-order valence-corrected chi connectivity index (χ2v) is 6.57. The third-order valence-corrected chi connectivity index (χ3v) is 3.80. The average Bonchev–Trinajstić information content (AvgIpc) is 3.01. The van der Waals surface area contributed by atoms with Crippen LogP contribution in [0.1, 0.15) is 38.1 Å². The maximum absolute atomic E-state index is 12.0. The number of carboxylic acids is 1. The fourth-order valence-electron chi connectivity index (χ4n) is 2.46. The maximum atomic E-state index is 12.0. The first-order valence-corrected chi connectivity index (χ1v) is 8.39. The van der Waals surface area contributed by atoms with Crippen molar-refractivity contribution in [1.82, 2.24) is 10.3 Å². The van der Waals surface area contributed by atoms with Gasteiger partial charge in [-0.2, -0.15) is 0 Å². The van der Waals surface area contributed by atoms with E-state index in [9.17, 15) is 9.59 Å². The highest BCUT2D eigenvalue weighted by atomic mass is 16.4. The van der Waals surface area contributed by atoms with Crippen molar-refractivity contribution in [2.24, 2.45) is 5.92 Å². The van der Waals surface area contributed by atoms with E-state index < -0.39 is 12.0 Å². The summed E-state index contributed by atoms with van der Waals surface area (Å²) in [7, 11) is 0. The highest BCUT2D eigenvalue weighted by Crippen LogP contribution is 2.21. The lowest BCUT2D eigenvalue weighted by atomic mass is 10.0. The molecular formula is C19H24N2O4. The van der Waals surface area contributed by atoms with Crippen molar-refractivity contribution in [3.05, 3.63) is 41.9 Å². The van der Waals surface area contributed by atoms with E-state index in [1.165, 1.54) is 0 Å². The molecule has 2 rings (SSSR count). The number of nitrogens with one attached hydrogen (secondary N) is 1. The number of amides is 1. The van der Waals surface area contributed by atoms with Gasteiger partial charge in [-0.15, -0.1) is 0 Å². The molecule has 0 aliphatic carbocycles. The topological polar surface area (TPSA) is 92.4 Å². The largest absolute Gasteiger partial charge is 0.480 e. The zero-order valence-corrected chi connectivity index (χ0v) is 14.8. The molecular weight excluding hydrogens is 320 g/mol. The molecule has 0 saturated carbocycles. The summed E-state index contributed by atoms with van der Waals surface area (Å²) in [4.78, 5) is 27.4. The van der Waals surface area contributed by atoms with Gasteiger partial charge in [0.15, 0.2) is 11.7 Å². The van der Waals surface area contributed by atoms with Crippen molar-refractivity contribution in [3.8, 4) is 11.3 Å². The average molecular weight is 344 g/mol. The van der Waals surface area contributed by atoms with Crippen LogP contribution < -0.4 is 5.32 Å². The van der Waals surface area contributed by atoms with Crippen LogP contribution in [-0.4, -0.2) is 28.0 Å². The Labute approximate surface area is 147 Å². The van der Waals surface area contributed by atoms with Gasteiger partial charge in [0.2, 0.25) is 5.91 Å². The fraction of sp³-hybridized carbons (Fsp3) is 0.421. The number of oxazole rings is 1. The number of aryl methyl sites for hydroxylation is 2. The summed E-state index contributed by atoms with van der Waals surface area (Å²) < 4.78 is 5.67. The van der Waals surface area contributed by atoms with Crippen molar-refractivity contribution in [2.75, 3.05) is 0 Å². The summed E-state index contributed by atoms with van der Waals surface area (Å²) in [5.41, 5.74) is 2.09. The molecule has 0 aliphatic heterocycles. The van der Waals surface area contributed by atoms with E-state index in [0.29, 0.717) is 24.5 Å². The van der Waals surface area contributed by atoms with E-state index in [2.05, 4.69) is 10.3 Å². The molecule has 1 amide bonds. The number of benzene rings is 1. The summed E-state index contributed by atoms with van der Waals surface area (Å²) in [6.07, 6.45) is 2.50. The lowest BCUT2D eigenvalue weighted by molar-refractivity contribution is -0.142. The van der Waals surface area contributed by atoms with Crippen LogP contribution in [0, 0.1) is 12.8 Å². The molecule has 0 bridgehead atoms. The van der Waals surface area contributed by atoms with Gasteiger partial charge < -0.3 is 14.8 Å². The van der Waals surface area contributed by atoms with E-state index in [4.69, 9.17) is 9.52 Å². The second kappa shape index (κ2) is 8.46. The number of aliphatic carboxylic acids is 1. The Bertz CT molecular complexity index is 719. The zero-order chi connectivity index (χ0) is 18.4. The predicted octanol–water partition coefficient (Wildman–Crippen LogP) is 3.20. The van der Waals surface area contributed by atoms with E-state index in [-0.39, 0.29) is 18.2 Å². The van der Waals surface area contributed by atoms with Crippen LogP contribution >= 0.6 is 0 Å². The third kappa shape index (κ3) is 5.74. The Kier molecular flexibility index (Phi) is 6.33. The van der Waals surface area contributed by atoms with Crippen molar-refractivity contribution >= 4 is 11.9 Å². The standard InChI is InChI=1S/C19H24N2O4/c1-12(2)10-15(19(23)24)21-17(22)8-9-18-20-11-16(25-18)14-6-4-13(3)5-7-14/h4-7,11-12,15H,8-10H2,1-3H3,(H,21,22)(H,23,24)/t15-/m0/s1. The van der Waals surface area contributed by atoms with Crippen LogP contribution in [0.5, 0.6) is 0 Å². The molecule has 0 aliphatic rings. The van der Waals surface area contributed by atoms with Crippen LogP contribution in [0.4, 0.5) is 0 Å². The summed E-state index contributed by atoms with van der Waals surface area (Å²) in [5, 5.41) is 11.7. The minimum Gasteiger partial charge on any atom is -0.480 e. The fourth-order valence-corrected chi connectivity index (χ4v) is 2.46. The van der Waals surface area contributed by atoms with Crippen LogP contribution in [0.2, 0.25) is 0 Å².